The summed E-state index contributed by atoms with van der Waals surface area (Å²) in [5.41, 5.74) is 1.23. The first kappa shape index (κ1) is 10.6. The van der Waals surface area contributed by atoms with E-state index in [1.807, 2.05) is 13.8 Å². The van der Waals surface area contributed by atoms with Gasteiger partial charge in [0.25, 0.3) is 5.91 Å². The molecule has 0 saturated heterocycles. The minimum absolute atomic E-state index is 0.0700. The summed E-state index contributed by atoms with van der Waals surface area (Å²) in [6, 6.07) is 3.50. The van der Waals surface area contributed by atoms with E-state index in [4.69, 9.17) is 0 Å². The number of carbonyl (C=O) groups excluding carboxylic acids is 1. The van der Waals surface area contributed by atoms with Gasteiger partial charge < -0.3 is 4.90 Å². The summed E-state index contributed by atoms with van der Waals surface area (Å²) >= 11 is 0. The predicted molar refractivity (Wildman–Crippen MR) is 54.0 cm³/mol. The Morgan fingerprint density at radius 1 is 1.43 bits per heavy atom. The molecule has 0 fully saturated rings. The quantitative estimate of drug-likeness (QED) is 0.726. The van der Waals surface area contributed by atoms with Crippen LogP contribution in [0.3, 0.4) is 0 Å². The molecule has 0 aliphatic rings. The number of hydrogen-bond acceptors (Lipinski definition) is 3. The third kappa shape index (κ3) is 2.52. The van der Waals surface area contributed by atoms with Crippen molar-refractivity contribution in [3.8, 4) is 0 Å². The molecule has 1 rings (SSSR count). The minimum Gasteiger partial charge on any atom is -0.340 e. The Hall–Kier alpha value is -1.45. The molecule has 0 N–H and O–H groups in total. The lowest BCUT2D eigenvalue weighted by molar-refractivity contribution is 0.0788. The lowest BCUT2D eigenvalue weighted by Crippen LogP contribution is -2.28. The minimum atomic E-state index is -0.0700. The van der Waals surface area contributed by atoms with Gasteiger partial charge in [0, 0.05) is 13.6 Å². The molecule has 4 nitrogen and oxygen atoms in total. The van der Waals surface area contributed by atoms with Gasteiger partial charge in [-0.1, -0.05) is 6.92 Å². The van der Waals surface area contributed by atoms with Crippen LogP contribution in [0.1, 0.15) is 29.5 Å². The van der Waals surface area contributed by atoms with Crippen LogP contribution >= 0.6 is 0 Å². The van der Waals surface area contributed by atoms with Crippen LogP contribution in [0.5, 0.6) is 0 Å². The topological polar surface area (TPSA) is 46.1 Å². The van der Waals surface area contributed by atoms with Crippen molar-refractivity contribution in [3.63, 3.8) is 0 Å². The van der Waals surface area contributed by atoms with Gasteiger partial charge in [-0.15, -0.1) is 5.10 Å². The molecule has 0 spiro atoms. The molecular weight excluding hydrogens is 178 g/mol. The summed E-state index contributed by atoms with van der Waals surface area (Å²) in [6.45, 7) is 4.62. The average Bonchev–Trinajstić information content (AvgIpc) is 2.18. The van der Waals surface area contributed by atoms with Gasteiger partial charge in [-0.25, -0.2) is 0 Å². The number of nitrogens with zero attached hydrogens (tertiary/aromatic N) is 3. The van der Waals surface area contributed by atoms with Gasteiger partial charge >= 0.3 is 0 Å². The summed E-state index contributed by atoms with van der Waals surface area (Å²) in [4.78, 5) is 13.3. The molecule has 0 aliphatic carbocycles. The zero-order chi connectivity index (χ0) is 10.6. The molecule has 0 atom stereocenters. The predicted octanol–water partition coefficient (Wildman–Crippen LogP) is 1.27. The second-order valence-electron chi connectivity index (χ2n) is 3.29. The van der Waals surface area contributed by atoms with Gasteiger partial charge in [0.05, 0.1) is 5.69 Å². The van der Waals surface area contributed by atoms with Gasteiger partial charge in [-0.2, -0.15) is 5.10 Å². The molecule has 0 saturated carbocycles. The van der Waals surface area contributed by atoms with Crippen molar-refractivity contribution in [3.05, 3.63) is 23.5 Å². The number of rotatable bonds is 3. The Morgan fingerprint density at radius 2 is 2.14 bits per heavy atom. The molecule has 4 heteroatoms. The molecule has 1 aromatic rings. The second kappa shape index (κ2) is 4.69. The first-order chi connectivity index (χ1) is 6.65. The fraction of sp³-hybridized carbons (Fsp3) is 0.500. The highest BCUT2D eigenvalue weighted by Gasteiger charge is 2.11. The van der Waals surface area contributed by atoms with Crippen LogP contribution in [0, 0.1) is 6.92 Å². The van der Waals surface area contributed by atoms with E-state index < -0.39 is 0 Å². The third-order valence-corrected chi connectivity index (χ3v) is 1.92. The summed E-state index contributed by atoms with van der Waals surface area (Å²) in [6.07, 6.45) is 0.946. The summed E-state index contributed by atoms with van der Waals surface area (Å²) in [5, 5.41) is 7.69. The van der Waals surface area contributed by atoms with Gasteiger partial charge in [-0.3, -0.25) is 4.79 Å². The summed E-state index contributed by atoms with van der Waals surface area (Å²) < 4.78 is 0. The van der Waals surface area contributed by atoms with Crippen molar-refractivity contribution in [1.82, 2.24) is 15.1 Å². The molecule has 0 radical (unpaired) electrons. The van der Waals surface area contributed by atoms with E-state index in [-0.39, 0.29) is 5.91 Å². The SMILES string of the molecule is CCCN(C)C(=O)c1ccc(C)nn1. The highest BCUT2D eigenvalue weighted by atomic mass is 16.2. The Bertz CT molecular complexity index is 308. The Morgan fingerprint density at radius 3 is 2.64 bits per heavy atom. The van der Waals surface area contributed by atoms with Crippen molar-refractivity contribution in [2.75, 3.05) is 13.6 Å². The van der Waals surface area contributed by atoms with Gasteiger partial charge in [0.15, 0.2) is 5.69 Å². The standard InChI is InChI=1S/C10H15N3O/c1-4-7-13(3)10(14)9-6-5-8(2)11-12-9/h5-6H,4,7H2,1-3H3. The molecule has 14 heavy (non-hydrogen) atoms. The summed E-state index contributed by atoms with van der Waals surface area (Å²) in [5.74, 6) is -0.0700. The number of hydrogen-bond donors (Lipinski definition) is 0. The molecular formula is C10H15N3O. The molecule has 76 valence electrons. The van der Waals surface area contributed by atoms with E-state index >= 15 is 0 Å². The number of aryl methyl sites for hydroxylation is 1. The fourth-order valence-corrected chi connectivity index (χ4v) is 1.15. The maximum Gasteiger partial charge on any atom is 0.274 e. The maximum atomic E-state index is 11.7. The molecule has 1 heterocycles. The van der Waals surface area contributed by atoms with E-state index in [1.165, 1.54) is 0 Å². The van der Waals surface area contributed by atoms with Crippen molar-refractivity contribution in [2.45, 2.75) is 20.3 Å². The van der Waals surface area contributed by atoms with E-state index in [2.05, 4.69) is 10.2 Å². The fourth-order valence-electron chi connectivity index (χ4n) is 1.15. The molecule has 0 unspecified atom stereocenters. The van der Waals surface area contributed by atoms with Crippen LogP contribution in [-0.4, -0.2) is 34.6 Å². The zero-order valence-electron chi connectivity index (χ0n) is 8.82. The van der Waals surface area contributed by atoms with Crippen LogP contribution in [0.4, 0.5) is 0 Å². The smallest absolute Gasteiger partial charge is 0.274 e. The van der Waals surface area contributed by atoms with Crippen molar-refractivity contribution < 1.29 is 4.79 Å². The number of aromatic nitrogens is 2. The Kier molecular flexibility index (Phi) is 3.56. The van der Waals surface area contributed by atoms with Gasteiger partial charge in [-0.05, 0) is 25.5 Å². The largest absolute Gasteiger partial charge is 0.340 e. The second-order valence-corrected chi connectivity index (χ2v) is 3.29. The monoisotopic (exact) mass is 193 g/mol. The lowest BCUT2D eigenvalue weighted by atomic mass is 10.3. The molecule has 0 aromatic carbocycles. The highest BCUT2D eigenvalue weighted by Crippen LogP contribution is 2.00. The van der Waals surface area contributed by atoms with E-state index in [9.17, 15) is 4.79 Å². The third-order valence-electron chi connectivity index (χ3n) is 1.92. The van der Waals surface area contributed by atoms with E-state index in [0.717, 1.165) is 18.7 Å². The molecule has 0 bridgehead atoms. The van der Waals surface area contributed by atoms with E-state index in [1.54, 1.807) is 24.1 Å². The van der Waals surface area contributed by atoms with Crippen LogP contribution in [0.15, 0.2) is 12.1 Å². The molecule has 1 aromatic heterocycles. The van der Waals surface area contributed by atoms with Gasteiger partial charge in [0.1, 0.15) is 0 Å². The number of carbonyl (C=O) groups is 1. The van der Waals surface area contributed by atoms with Crippen LogP contribution in [-0.2, 0) is 0 Å². The zero-order valence-corrected chi connectivity index (χ0v) is 8.82. The maximum absolute atomic E-state index is 11.7. The van der Waals surface area contributed by atoms with Crippen molar-refractivity contribution in [2.24, 2.45) is 0 Å². The van der Waals surface area contributed by atoms with Crippen LogP contribution in [0.2, 0.25) is 0 Å². The average molecular weight is 193 g/mol. The molecule has 1 amide bonds. The normalized spacial score (nSPS) is 9.93. The first-order valence-corrected chi connectivity index (χ1v) is 4.71. The highest BCUT2D eigenvalue weighted by molar-refractivity contribution is 5.91. The Balaban J connectivity index is 2.74. The first-order valence-electron chi connectivity index (χ1n) is 4.71. The van der Waals surface area contributed by atoms with E-state index in [0.29, 0.717) is 5.69 Å². The van der Waals surface area contributed by atoms with Crippen LogP contribution in [0.25, 0.3) is 0 Å². The van der Waals surface area contributed by atoms with Crippen molar-refractivity contribution >= 4 is 5.91 Å². The Labute approximate surface area is 84.0 Å². The van der Waals surface area contributed by atoms with Crippen molar-refractivity contribution in [1.29, 1.82) is 0 Å². The van der Waals surface area contributed by atoms with Gasteiger partial charge in [0.2, 0.25) is 0 Å². The summed E-state index contributed by atoms with van der Waals surface area (Å²) in [7, 11) is 1.77. The van der Waals surface area contributed by atoms with Crippen LogP contribution < -0.4 is 0 Å². The lowest BCUT2D eigenvalue weighted by Gasteiger charge is -2.14. The molecule has 0 aliphatic heterocycles. The number of amides is 1.